The first-order valence-electron chi connectivity index (χ1n) is 9.12. The van der Waals surface area contributed by atoms with Crippen LogP contribution in [-0.2, 0) is 14.3 Å². The van der Waals surface area contributed by atoms with Gasteiger partial charge in [0.25, 0.3) is 0 Å². The number of ketones is 1. The third-order valence-electron chi connectivity index (χ3n) is 4.73. The van der Waals surface area contributed by atoms with Crippen LogP contribution in [-0.4, -0.2) is 36.2 Å². The molecule has 0 unspecified atom stereocenters. The molecule has 158 valence electrons. The summed E-state index contributed by atoms with van der Waals surface area (Å²) in [6.07, 6.45) is -1.12. The summed E-state index contributed by atoms with van der Waals surface area (Å²) in [6, 6.07) is 9.81. The van der Waals surface area contributed by atoms with Gasteiger partial charge in [0, 0.05) is 30.8 Å². The van der Waals surface area contributed by atoms with Gasteiger partial charge in [-0.05, 0) is 36.4 Å². The number of rotatable bonds is 7. The lowest BCUT2D eigenvalue weighted by Gasteiger charge is -2.20. The number of anilines is 1. The minimum absolute atomic E-state index is 0.0516. The first-order valence-corrected chi connectivity index (χ1v) is 10.4. The molecule has 30 heavy (non-hydrogen) atoms. The number of amides is 1. The molecule has 0 N–H and O–H groups in total. The third kappa shape index (κ3) is 4.94. The predicted molar refractivity (Wildman–Crippen MR) is 113 cm³/mol. The Morgan fingerprint density at radius 2 is 1.87 bits per heavy atom. The molecule has 2 aromatic carbocycles. The van der Waals surface area contributed by atoms with E-state index in [1.54, 1.807) is 18.2 Å². The molecule has 1 fully saturated rings. The van der Waals surface area contributed by atoms with Gasteiger partial charge in [-0.2, -0.15) is 0 Å². The second-order valence-electron chi connectivity index (χ2n) is 6.75. The Labute approximate surface area is 187 Å². The molecule has 0 saturated carbocycles. The molecule has 0 radical (unpaired) electrons. The Hall–Kier alpha value is -2.15. The van der Waals surface area contributed by atoms with Crippen molar-refractivity contribution in [3.63, 3.8) is 0 Å². The van der Waals surface area contributed by atoms with Crippen molar-refractivity contribution < 1.29 is 23.5 Å². The number of carbonyl (C=O) groups is 3. The van der Waals surface area contributed by atoms with Gasteiger partial charge in [0.15, 0.2) is 6.10 Å². The lowest BCUT2D eigenvalue weighted by molar-refractivity contribution is -0.151. The van der Waals surface area contributed by atoms with Crippen molar-refractivity contribution in [2.24, 2.45) is 5.92 Å². The smallest absolute Gasteiger partial charge is 0.312 e. The molecule has 0 spiro atoms. The van der Waals surface area contributed by atoms with Crippen LogP contribution in [0.25, 0.3) is 0 Å². The van der Waals surface area contributed by atoms with Crippen molar-refractivity contribution in [1.29, 1.82) is 0 Å². The number of hydrogen-bond acceptors (Lipinski definition) is 4. The number of Topliss-reactive ketones (excluding diaryl/α,β-unsaturated/α-hetero) is 1. The van der Waals surface area contributed by atoms with Crippen LogP contribution in [0.15, 0.2) is 42.5 Å². The van der Waals surface area contributed by atoms with Gasteiger partial charge in [-0.25, -0.2) is 4.39 Å². The van der Waals surface area contributed by atoms with Gasteiger partial charge in [0.05, 0.1) is 21.7 Å². The SMILES string of the molecule is O=C(O[C@H](CCCl)C(=O)c1ccc(F)cc1)[C@@H]1CC(=O)N(c2cccc(Cl)c2Cl)C1. The van der Waals surface area contributed by atoms with Crippen molar-refractivity contribution in [3.8, 4) is 0 Å². The molecule has 1 aliphatic heterocycles. The van der Waals surface area contributed by atoms with E-state index in [-0.39, 0.29) is 41.8 Å². The van der Waals surface area contributed by atoms with Crippen LogP contribution in [0.4, 0.5) is 10.1 Å². The second-order valence-corrected chi connectivity index (χ2v) is 7.92. The topological polar surface area (TPSA) is 63.7 Å². The fourth-order valence-corrected chi connectivity index (χ4v) is 3.77. The Morgan fingerprint density at radius 1 is 1.17 bits per heavy atom. The van der Waals surface area contributed by atoms with Gasteiger partial charge in [-0.1, -0.05) is 29.3 Å². The minimum Gasteiger partial charge on any atom is -0.454 e. The maximum absolute atomic E-state index is 13.1. The Balaban J connectivity index is 1.72. The van der Waals surface area contributed by atoms with Gasteiger partial charge in [0.1, 0.15) is 5.82 Å². The Bertz CT molecular complexity index is 967. The molecule has 1 saturated heterocycles. The van der Waals surface area contributed by atoms with Crippen molar-refractivity contribution in [2.75, 3.05) is 17.3 Å². The van der Waals surface area contributed by atoms with E-state index in [1.165, 1.54) is 17.0 Å². The van der Waals surface area contributed by atoms with Gasteiger partial charge >= 0.3 is 5.97 Å². The quantitative estimate of drug-likeness (QED) is 0.326. The van der Waals surface area contributed by atoms with Crippen molar-refractivity contribution in [3.05, 3.63) is 63.9 Å². The largest absolute Gasteiger partial charge is 0.454 e. The van der Waals surface area contributed by atoms with Gasteiger partial charge in [0.2, 0.25) is 11.7 Å². The molecular weight excluding hydrogens is 456 g/mol. The molecule has 0 aliphatic carbocycles. The van der Waals surface area contributed by atoms with Crippen LogP contribution in [0.5, 0.6) is 0 Å². The number of nitrogens with zero attached hydrogens (tertiary/aromatic N) is 1. The fraction of sp³-hybridized carbons (Fsp3) is 0.286. The summed E-state index contributed by atoms with van der Waals surface area (Å²) in [7, 11) is 0. The number of hydrogen-bond donors (Lipinski definition) is 0. The van der Waals surface area contributed by atoms with Crippen molar-refractivity contribution in [2.45, 2.75) is 18.9 Å². The molecule has 1 aliphatic rings. The van der Waals surface area contributed by atoms with Gasteiger partial charge in [-0.3, -0.25) is 14.4 Å². The van der Waals surface area contributed by atoms with Crippen LogP contribution in [0.3, 0.4) is 0 Å². The number of esters is 1. The van der Waals surface area contributed by atoms with E-state index >= 15 is 0 Å². The van der Waals surface area contributed by atoms with E-state index in [1.807, 2.05) is 0 Å². The number of ether oxygens (including phenoxy) is 1. The number of carbonyl (C=O) groups excluding carboxylic acids is 3. The molecule has 2 atom stereocenters. The molecule has 3 rings (SSSR count). The summed E-state index contributed by atoms with van der Waals surface area (Å²) in [4.78, 5) is 39.2. The molecule has 9 heteroatoms. The molecule has 0 aromatic heterocycles. The molecule has 1 heterocycles. The van der Waals surface area contributed by atoms with Gasteiger partial charge < -0.3 is 9.64 Å². The summed E-state index contributed by atoms with van der Waals surface area (Å²) in [5.41, 5.74) is 0.610. The highest BCUT2D eigenvalue weighted by molar-refractivity contribution is 6.44. The Kier molecular flexibility index (Phi) is 7.34. The highest BCUT2D eigenvalue weighted by Crippen LogP contribution is 2.36. The summed E-state index contributed by atoms with van der Waals surface area (Å²) >= 11 is 18.0. The average molecular weight is 473 g/mol. The van der Waals surface area contributed by atoms with E-state index in [2.05, 4.69) is 0 Å². The minimum atomic E-state index is -1.13. The lowest BCUT2D eigenvalue weighted by Crippen LogP contribution is -2.32. The van der Waals surface area contributed by atoms with Crippen LogP contribution in [0, 0.1) is 11.7 Å². The van der Waals surface area contributed by atoms with Crippen LogP contribution >= 0.6 is 34.8 Å². The number of benzene rings is 2. The molecular formula is C21H17Cl3FNO4. The average Bonchev–Trinajstić information content (AvgIpc) is 3.11. The van der Waals surface area contributed by atoms with E-state index in [4.69, 9.17) is 39.5 Å². The normalized spacial score (nSPS) is 17.1. The number of halogens is 4. The summed E-state index contributed by atoms with van der Waals surface area (Å²) in [6.45, 7) is 0.0516. The maximum Gasteiger partial charge on any atom is 0.312 e. The van der Waals surface area contributed by atoms with Gasteiger partial charge in [-0.15, -0.1) is 11.6 Å². The van der Waals surface area contributed by atoms with E-state index in [0.717, 1.165) is 12.1 Å². The molecule has 2 aromatic rings. The fourth-order valence-electron chi connectivity index (χ4n) is 3.18. The summed E-state index contributed by atoms with van der Waals surface area (Å²) < 4.78 is 18.5. The first-order chi connectivity index (χ1) is 14.3. The zero-order chi connectivity index (χ0) is 21.8. The van der Waals surface area contributed by atoms with Crippen molar-refractivity contribution >= 4 is 58.1 Å². The highest BCUT2D eigenvalue weighted by Gasteiger charge is 2.38. The van der Waals surface area contributed by atoms with E-state index in [0.29, 0.717) is 10.7 Å². The second kappa shape index (κ2) is 9.77. The Morgan fingerprint density at radius 3 is 2.53 bits per heavy atom. The number of alkyl halides is 1. The summed E-state index contributed by atoms with van der Waals surface area (Å²) in [5.74, 6) is -2.65. The highest BCUT2D eigenvalue weighted by atomic mass is 35.5. The predicted octanol–water partition coefficient (Wildman–Crippen LogP) is 4.91. The lowest BCUT2D eigenvalue weighted by atomic mass is 10.0. The van der Waals surface area contributed by atoms with E-state index in [9.17, 15) is 18.8 Å². The zero-order valence-electron chi connectivity index (χ0n) is 15.6. The third-order valence-corrected chi connectivity index (χ3v) is 5.76. The molecule has 1 amide bonds. The zero-order valence-corrected chi connectivity index (χ0v) is 17.9. The maximum atomic E-state index is 13.1. The van der Waals surface area contributed by atoms with Crippen LogP contribution < -0.4 is 4.90 Å². The van der Waals surface area contributed by atoms with Crippen LogP contribution in [0.1, 0.15) is 23.2 Å². The van der Waals surface area contributed by atoms with Crippen LogP contribution in [0.2, 0.25) is 10.0 Å². The summed E-state index contributed by atoms with van der Waals surface area (Å²) in [5, 5.41) is 0.508. The molecule has 5 nitrogen and oxygen atoms in total. The monoisotopic (exact) mass is 471 g/mol. The molecule has 0 bridgehead atoms. The standard InChI is InChI=1S/C21H17Cl3FNO4/c22-9-8-17(20(28)12-4-6-14(25)7-5-12)30-21(29)13-10-18(27)26(11-13)16-3-1-2-15(23)19(16)24/h1-7,13,17H,8-11H2/t13-,17-/m1/s1. The van der Waals surface area contributed by atoms with Crippen molar-refractivity contribution in [1.82, 2.24) is 0 Å². The first kappa shape index (κ1) is 22.5. The van der Waals surface area contributed by atoms with E-state index < -0.39 is 29.6 Å².